The second-order valence-electron chi connectivity index (χ2n) is 7.67. The summed E-state index contributed by atoms with van der Waals surface area (Å²) in [5.74, 6) is 1.07. The number of thiazole rings is 2. The lowest BCUT2D eigenvalue weighted by Gasteiger charge is -2.24. The SMILES string of the molecule is CC(C)c1nc2c(s1)CN(CCF)CC2.CC(C)c1nc2c(s1)COCC2. The van der Waals surface area contributed by atoms with Gasteiger partial charge in [-0.3, -0.25) is 4.90 Å². The fourth-order valence-corrected chi connectivity index (χ4v) is 5.33. The lowest BCUT2D eigenvalue weighted by atomic mass is 10.2. The Morgan fingerprint density at radius 2 is 1.63 bits per heavy atom. The molecule has 4 heterocycles. The third kappa shape index (κ3) is 5.34. The van der Waals surface area contributed by atoms with Crippen LogP contribution in [0.2, 0.25) is 0 Å². The Morgan fingerprint density at radius 1 is 1.00 bits per heavy atom. The fraction of sp³-hybridized carbons (Fsp3) is 0.700. The third-order valence-electron chi connectivity index (χ3n) is 4.73. The molecule has 2 aromatic heterocycles. The Hall–Kier alpha value is -0.890. The largest absolute Gasteiger partial charge is 0.375 e. The van der Waals surface area contributed by atoms with Crippen molar-refractivity contribution in [2.45, 2.75) is 65.5 Å². The normalized spacial score (nSPS) is 16.9. The molecular formula is C20H30FN3OS2. The van der Waals surface area contributed by atoms with E-state index in [0.717, 1.165) is 39.1 Å². The van der Waals surface area contributed by atoms with Crippen molar-refractivity contribution in [3.05, 3.63) is 31.2 Å². The molecule has 2 aliphatic heterocycles. The molecule has 0 amide bonds. The Kier molecular flexibility index (Phi) is 7.36. The molecule has 4 nitrogen and oxygen atoms in total. The molecule has 0 radical (unpaired) electrons. The van der Waals surface area contributed by atoms with E-state index in [-0.39, 0.29) is 6.67 Å². The molecule has 0 N–H and O–H groups in total. The van der Waals surface area contributed by atoms with Crippen LogP contribution in [-0.4, -0.2) is 41.2 Å². The second-order valence-corrected chi connectivity index (χ2v) is 9.90. The van der Waals surface area contributed by atoms with Gasteiger partial charge in [0, 0.05) is 49.2 Å². The molecule has 150 valence electrons. The molecule has 0 bridgehead atoms. The zero-order valence-electron chi connectivity index (χ0n) is 16.8. The van der Waals surface area contributed by atoms with Gasteiger partial charge in [0.2, 0.25) is 0 Å². The van der Waals surface area contributed by atoms with Crippen LogP contribution >= 0.6 is 22.7 Å². The molecule has 27 heavy (non-hydrogen) atoms. The average molecular weight is 412 g/mol. The van der Waals surface area contributed by atoms with E-state index < -0.39 is 0 Å². The Balaban J connectivity index is 0.000000159. The summed E-state index contributed by atoms with van der Waals surface area (Å²) in [4.78, 5) is 14.1. The van der Waals surface area contributed by atoms with Crippen LogP contribution in [0.1, 0.15) is 70.7 Å². The van der Waals surface area contributed by atoms with Gasteiger partial charge in [0.1, 0.15) is 6.67 Å². The lowest BCUT2D eigenvalue weighted by Crippen LogP contribution is -2.31. The van der Waals surface area contributed by atoms with Crippen LogP contribution in [0.15, 0.2) is 0 Å². The number of nitrogens with zero attached hydrogens (tertiary/aromatic N) is 3. The molecule has 4 rings (SSSR count). The van der Waals surface area contributed by atoms with Crippen LogP contribution in [0, 0.1) is 0 Å². The second kappa shape index (κ2) is 9.54. The standard InChI is InChI=1S/C11H17FN2S.C9H13NOS/c1-8(2)11-13-9-3-5-14(6-4-12)7-10(9)15-11;1-6(2)9-10-7-3-4-11-5-8(7)12-9/h8H,3-7H2,1-2H3;6H,3-5H2,1-2H3. The third-order valence-corrected chi connectivity index (χ3v) is 7.48. The van der Waals surface area contributed by atoms with Crippen LogP contribution in [0.3, 0.4) is 0 Å². The van der Waals surface area contributed by atoms with Crippen LogP contribution < -0.4 is 0 Å². The number of hydrogen-bond acceptors (Lipinski definition) is 6. The first-order chi connectivity index (χ1) is 13.0. The van der Waals surface area contributed by atoms with Gasteiger partial charge in [-0.05, 0) is 0 Å². The molecule has 2 aromatic rings. The van der Waals surface area contributed by atoms with Gasteiger partial charge in [-0.2, -0.15) is 0 Å². The van der Waals surface area contributed by atoms with Crippen LogP contribution in [0.25, 0.3) is 0 Å². The van der Waals surface area contributed by atoms with Gasteiger partial charge in [0.15, 0.2) is 0 Å². The number of hydrogen-bond donors (Lipinski definition) is 0. The van der Waals surface area contributed by atoms with Crippen molar-refractivity contribution in [1.82, 2.24) is 14.9 Å². The van der Waals surface area contributed by atoms with Gasteiger partial charge in [-0.25, -0.2) is 14.4 Å². The van der Waals surface area contributed by atoms with Gasteiger partial charge in [-0.1, -0.05) is 27.7 Å². The molecule has 0 saturated heterocycles. The van der Waals surface area contributed by atoms with E-state index in [1.807, 2.05) is 11.3 Å². The van der Waals surface area contributed by atoms with E-state index >= 15 is 0 Å². The van der Waals surface area contributed by atoms with Crippen molar-refractivity contribution >= 4 is 22.7 Å². The molecule has 0 fully saturated rings. The monoisotopic (exact) mass is 411 g/mol. The minimum atomic E-state index is -0.245. The van der Waals surface area contributed by atoms with Gasteiger partial charge in [0.25, 0.3) is 0 Å². The van der Waals surface area contributed by atoms with Crippen molar-refractivity contribution < 1.29 is 9.13 Å². The number of ether oxygens (including phenoxy) is 1. The molecule has 2 aliphatic rings. The quantitative estimate of drug-likeness (QED) is 0.715. The zero-order valence-corrected chi connectivity index (χ0v) is 18.4. The van der Waals surface area contributed by atoms with Crippen LogP contribution in [0.4, 0.5) is 4.39 Å². The molecule has 0 atom stereocenters. The minimum Gasteiger partial charge on any atom is -0.375 e. The first kappa shape index (κ1) is 20.8. The van der Waals surface area contributed by atoms with E-state index in [4.69, 9.17) is 4.74 Å². The summed E-state index contributed by atoms with van der Waals surface area (Å²) in [7, 11) is 0. The van der Waals surface area contributed by atoms with Gasteiger partial charge >= 0.3 is 0 Å². The molecule has 0 aliphatic carbocycles. The number of aromatic nitrogens is 2. The first-order valence-electron chi connectivity index (χ1n) is 9.81. The van der Waals surface area contributed by atoms with Gasteiger partial charge in [-0.15, -0.1) is 22.7 Å². The fourth-order valence-electron chi connectivity index (χ4n) is 3.12. The summed E-state index contributed by atoms with van der Waals surface area (Å²) in [6.45, 7) is 12.5. The Bertz CT molecular complexity index is 718. The first-order valence-corrected chi connectivity index (χ1v) is 11.4. The Morgan fingerprint density at radius 3 is 2.22 bits per heavy atom. The van der Waals surface area contributed by atoms with Crippen molar-refractivity contribution in [1.29, 1.82) is 0 Å². The predicted molar refractivity (Wildman–Crippen MR) is 111 cm³/mol. The summed E-state index contributed by atoms with van der Waals surface area (Å²) >= 11 is 3.61. The highest BCUT2D eigenvalue weighted by Gasteiger charge is 2.21. The molecular weight excluding hydrogens is 381 g/mol. The highest BCUT2D eigenvalue weighted by Crippen LogP contribution is 2.29. The zero-order chi connectivity index (χ0) is 19.4. The van der Waals surface area contributed by atoms with Crippen LogP contribution in [0.5, 0.6) is 0 Å². The van der Waals surface area contributed by atoms with Crippen molar-refractivity contribution in [2.75, 3.05) is 26.4 Å². The maximum atomic E-state index is 12.2. The van der Waals surface area contributed by atoms with Crippen LogP contribution in [-0.2, 0) is 30.7 Å². The Labute approximate surface area is 169 Å². The van der Waals surface area contributed by atoms with Crippen molar-refractivity contribution in [2.24, 2.45) is 0 Å². The molecule has 0 spiro atoms. The summed E-state index contributed by atoms with van der Waals surface area (Å²) in [5.41, 5.74) is 2.52. The smallest absolute Gasteiger partial charge is 0.102 e. The van der Waals surface area contributed by atoms with Gasteiger partial charge < -0.3 is 4.74 Å². The summed E-state index contributed by atoms with van der Waals surface area (Å²) in [6.07, 6.45) is 1.98. The predicted octanol–water partition coefficient (Wildman–Crippen LogP) is 4.93. The molecule has 0 unspecified atom stereocenters. The van der Waals surface area contributed by atoms with E-state index in [2.05, 4.69) is 42.6 Å². The summed E-state index contributed by atoms with van der Waals surface area (Å²) in [6, 6.07) is 0. The maximum Gasteiger partial charge on any atom is 0.102 e. The average Bonchev–Trinajstić information content (AvgIpc) is 3.26. The molecule has 7 heteroatoms. The maximum absolute atomic E-state index is 12.2. The number of alkyl halides is 1. The van der Waals surface area contributed by atoms with E-state index in [9.17, 15) is 4.39 Å². The summed E-state index contributed by atoms with van der Waals surface area (Å²) < 4.78 is 17.6. The topological polar surface area (TPSA) is 38.2 Å². The number of fused-ring (bicyclic) bond motifs is 2. The minimum absolute atomic E-state index is 0.245. The lowest BCUT2D eigenvalue weighted by molar-refractivity contribution is 0.112. The van der Waals surface area contributed by atoms with E-state index in [1.165, 1.54) is 31.2 Å². The van der Waals surface area contributed by atoms with E-state index in [1.54, 1.807) is 11.3 Å². The molecule has 0 aromatic carbocycles. The van der Waals surface area contributed by atoms with Crippen molar-refractivity contribution in [3.8, 4) is 0 Å². The highest BCUT2D eigenvalue weighted by molar-refractivity contribution is 7.12. The number of halogens is 1. The van der Waals surface area contributed by atoms with E-state index in [0.29, 0.717) is 18.4 Å². The van der Waals surface area contributed by atoms with Gasteiger partial charge in [0.05, 0.1) is 39.5 Å². The molecule has 0 saturated carbocycles. The van der Waals surface area contributed by atoms with Crippen molar-refractivity contribution in [3.63, 3.8) is 0 Å². The highest BCUT2D eigenvalue weighted by atomic mass is 32.1. The number of rotatable bonds is 4. The summed E-state index contributed by atoms with van der Waals surface area (Å²) in [5, 5.41) is 2.48.